The summed E-state index contributed by atoms with van der Waals surface area (Å²) in [7, 11) is 0. The molecule has 2 aromatic heterocycles. The molecule has 0 aliphatic carbocycles. The molecular weight excluding hydrogens is 260 g/mol. The second-order valence-corrected chi connectivity index (χ2v) is 4.48. The van der Waals surface area contributed by atoms with Crippen molar-refractivity contribution in [3.63, 3.8) is 0 Å². The highest BCUT2D eigenvalue weighted by molar-refractivity contribution is 5.81. The number of imidazole rings is 1. The monoisotopic (exact) mass is 271 g/mol. The van der Waals surface area contributed by atoms with Crippen molar-refractivity contribution < 1.29 is 18.6 Å². The van der Waals surface area contributed by atoms with Crippen molar-refractivity contribution in [2.75, 3.05) is 18.9 Å². The van der Waals surface area contributed by atoms with Gasteiger partial charge in [-0.2, -0.15) is 14.4 Å². The molecule has 0 aromatic carbocycles. The maximum atomic E-state index is 13.9. The van der Waals surface area contributed by atoms with Crippen LogP contribution in [-0.2, 0) is 4.74 Å². The lowest BCUT2D eigenvalue weighted by molar-refractivity contribution is 0.0302. The Labute approximate surface area is 106 Å². The molecule has 19 heavy (non-hydrogen) atoms. The Balaban J connectivity index is 2.03. The second-order valence-electron chi connectivity index (χ2n) is 4.48. The van der Waals surface area contributed by atoms with Crippen LogP contribution in [0.1, 0.15) is 12.6 Å². The molecule has 1 aliphatic heterocycles. The first-order chi connectivity index (χ1) is 9.02. The van der Waals surface area contributed by atoms with Gasteiger partial charge in [0.1, 0.15) is 6.23 Å². The minimum atomic E-state index is -1.81. The summed E-state index contributed by atoms with van der Waals surface area (Å²) in [5.74, 6) is -0.0899. The lowest BCUT2D eigenvalue weighted by atomic mass is 10.1. The SMILES string of the molecule is Nc1nc(F)nc2c1ncn2C1CC(F)(CO)CO1. The summed E-state index contributed by atoms with van der Waals surface area (Å²) in [5.41, 5.74) is 4.08. The fourth-order valence-electron chi connectivity index (χ4n) is 2.09. The van der Waals surface area contributed by atoms with E-state index in [0.29, 0.717) is 0 Å². The van der Waals surface area contributed by atoms with Gasteiger partial charge in [0, 0.05) is 6.42 Å². The highest BCUT2D eigenvalue weighted by Crippen LogP contribution is 2.35. The molecule has 2 unspecified atom stereocenters. The van der Waals surface area contributed by atoms with Crippen molar-refractivity contribution >= 4 is 17.0 Å². The zero-order valence-corrected chi connectivity index (χ0v) is 9.75. The second kappa shape index (κ2) is 4.07. The number of alkyl halides is 1. The number of aliphatic hydroxyl groups excluding tert-OH is 1. The molecule has 102 valence electrons. The first kappa shape index (κ1) is 12.2. The quantitative estimate of drug-likeness (QED) is 0.755. The van der Waals surface area contributed by atoms with Crippen LogP contribution < -0.4 is 5.73 Å². The van der Waals surface area contributed by atoms with E-state index in [4.69, 9.17) is 15.6 Å². The van der Waals surface area contributed by atoms with Gasteiger partial charge in [-0.15, -0.1) is 0 Å². The summed E-state index contributed by atoms with van der Waals surface area (Å²) in [6, 6.07) is 0. The molecule has 2 aromatic rings. The minimum absolute atomic E-state index is 0.0690. The molecule has 1 saturated heterocycles. The van der Waals surface area contributed by atoms with E-state index in [2.05, 4.69) is 15.0 Å². The van der Waals surface area contributed by atoms with Crippen LogP contribution in [0.3, 0.4) is 0 Å². The molecule has 1 fully saturated rings. The molecular formula is C10H11F2N5O2. The van der Waals surface area contributed by atoms with Gasteiger partial charge in [0.15, 0.2) is 22.7 Å². The molecule has 2 atom stereocenters. The largest absolute Gasteiger partial charge is 0.393 e. The average Bonchev–Trinajstić information content (AvgIpc) is 2.94. The fraction of sp³-hybridized carbons (Fsp3) is 0.500. The number of nitrogen functional groups attached to an aromatic ring is 1. The summed E-state index contributed by atoms with van der Waals surface area (Å²) in [5, 5.41) is 8.96. The van der Waals surface area contributed by atoms with Crippen LogP contribution in [0.25, 0.3) is 11.2 Å². The highest BCUT2D eigenvalue weighted by atomic mass is 19.1. The maximum Gasteiger partial charge on any atom is 0.312 e. The molecule has 0 radical (unpaired) electrons. The van der Waals surface area contributed by atoms with Crippen molar-refractivity contribution in [1.29, 1.82) is 0 Å². The Kier molecular flexibility index (Phi) is 2.61. The topological polar surface area (TPSA) is 99.1 Å². The van der Waals surface area contributed by atoms with Crippen molar-refractivity contribution in [2.24, 2.45) is 0 Å². The fourth-order valence-corrected chi connectivity index (χ4v) is 2.09. The molecule has 3 N–H and O–H groups in total. The smallest absolute Gasteiger partial charge is 0.312 e. The molecule has 3 rings (SSSR count). The number of hydrogen-bond acceptors (Lipinski definition) is 6. The van der Waals surface area contributed by atoms with Crippen molar-refractivity contribution in [3.05, 3.63) is 12.4 Å². The molecule has 1 aliphatic rings. The van der Waals surface area contributed by atoms with E-state index >= 15 is 0 Å². The van der Waals surface area contributed by atoms with E-state index < -0.39 is 24.6 Å². The number of nitrogens with two attached hydrogens (primary N) is 1. The molecule has 3 heterocycles. The van der Waals surface area contributed by atoms with E-state index in [-0.39, 0.29) is 30.0 Å². The molecule has 0 spiro atoms. The average molecular weight is 271 g/mol. The summed E-state index contributed by atoms with van der Waals surface area (Å²) in [6.07, 6.45) is -0.432. The minimum Gasteiger partial charge on any atom is -0.393 e. The molecule has 0 amide bonds. The van der Waals surface area contributed by atoms with Gasteiger partial charge in [0.05, 0.1) is 19.5 Å². The number of nitrogens with zero attached hydrogens (tertiary/aromatic N) is 4. The van der Waals surface area contributed by atoms with Gasteiger partial charge in [-0.3, -0.25) is 4.57 Å². The Bertz CT molecular complexity index is 634. The van der Waals surface area contributed by atoms with Crippen LogP contribution in [0.5, 0.6) is 0 Å². The first-order valence-corrected chi connectivity index (χ1v) is 5.59. The van der Waals surface area contributed by atoms with E-state index in [9.17, 15) is 8.78 Å². The molecule has 9 heteroatoms. The third kappa shape index (κ3) is 1.90. The molecule has 7 nitrogen and oxygen atoms in total. The van der Waals surface area contributed by atoms with Crippen LogP contribution in [0.4, 0.5) is 14.6 Å². The Morgan fingerprint density at radius 3 is 3.05 bits per heavy atom. The Morgan fingerprint density at radius 1 is 1.58 bits per heavy atom. The van der Waals surface area contributed by atoms with E-state index in [1.165, 1.54) is 10.9 Å². The van der Waals surface area contributed by atoms with Crippen LogP contribution in [0.15, 0.2) is 6.33 Å². The number of rotatable bonds is 2. The number of fused-ring (bicyclic) bond motifs is 1. The van der Waals surface area contributed by atoms with E-state index in [0.717, 1.165) is 0 Å². The van der Waals surface area contributed by atoms with Crippen LogP contribution in [0, 0.1) is 6.08 Å². The van der Waals surface area contributed by atoms with Gasteiger partial charge in [0.2, 0.25) is 0 Å². The van der Waals surface area contributed by atoms with Gasteiger partial charge in [-0.1, -0.05) is 0 Å². The third-order valence-corrected chi connectivity index (χ3v) is 3.09. The van der Waals surface area contributed by atoms with E-state index in [1.54, 1.807) is 0 Å². The maximum absolute atomic E-state index is 13.9. The molecule has 0 bridgehead atoms. The number of aromatic nitrogens is 4. The zero-order valence-electron chi connectivity index (χ0n) is 9.75. The van der Waals surface area contributed by atoms with Gasteiger partial charge < -0.3 is 15.6 Å². The van der Waals surface area contributed by atoms with Gasteiger partial charge in [0.25, 0.3) is 0 Å². The standard InChI is InChI=1S/C10H11F2N5O2/c11-9-15-7(13)6-8(16-9)17(4-14-6)5-1-10(12,2-18)3-19-5/h4-5,18H,1-3H2,(H2,13,15,16). The van der Waals surface area contributed by atoms with E-state index in [1.807, 2.05) is 0 Å². The zero-order chi connectivity index (χ0) is 13.6. The number of aliphatic hydroxyl groups is 1. The summed E-state index contributed by atoms with van der Waals surface area (Å²) < 4.78 is 33.7. The predicted molar refractivity (Wildman–Crippen MR) is 60.2 cm³/mol. The summed E-state index contributed by atoms with van der Waals surface area (Å²) in [4.78, 5) is 10.9. The molecule has 0 saturated carbocycles. The van der Waals surface area contributed by atoms with Crippen molar-refractivity contribution in [2.45, 2.75) is 18.3 Å². The Hall–Kier alpha value is -1.87. The lowest BCUT2D eigenvalue weighted by Gasteiger charge is -2.14. The van der Waals surface area contributed by atoms with Crippen molar-refractivity contribution in [3.8, 4) is 0 Å². The number of anilines is 1. The lowest BCUT2D eigenvalue weighted by Crippen LogP contribution is -2.27. The Morgan fingerprint density at radius 2 is 2.37 bits per heavy atom. The third-order valence-electron chi connectivity index (χ3n) is 3.09. The summed E-state index contributed by atoms with van der Waals surface area (Å²) in [6.45, 7) is -0.876. The van der Waals surface area contributed by atoms with Gasteiger partial charge >= 0.3 is 6.08 Å². The van der Waals surface area contributed by atoms with Gasteiger partial charge in [-0.05, 0) is 0 Å². The van der Waals surface area contributed by atoms with Crippen LogP contribution >= 0.6 is 0 Å². The number of ether oxygens (including phenoxy) is 1. The highest BCUT2D eigenvalue weighted by Gasteiger charge is 2.41. The number of hydrogen-bond donors (Lipinski definition) is 2. The first-order valence-electron chi connectivity index (χ1n) is 5.59. The predicted octanol–water partition coefficient (Wildman–Crippen LogP) is 0.167. The van der Waals surface area contributed by atoms with Crippen LogP contribution in [0.2, 0.25) is 0 Å². The number of halogens is 2. The normalized spacial score (nSPS) is 27.2. The van der Waals surface area contributed by atoms with Crippen LogP contribution in [-0.4, -0.2) is 43.5 Å². The van der Waals surface area contributed by atoms with Crippen molar-refractivity contribution in [1.82, 2.24) is 19.5 Å². The van der Waals surface area contributed by atoms with Gasteiger partial charge in [-0.25, -0.2) is 9.37 Å². The summed E-state index contributed by atoms with van der Waals surface area (Å²) >= 11 is 0.